The van der Waals surface area contributed by atoms with Crippen LogP contribution in [0.15, 0.2) is 53.4 Å². The average molecular weight is 473 g/mol. The van der Waals surface area contributed by atoms with Crippen LogP contribution in [0.25, 0.3) is 0 Å². The van der Waals surface area contributed by atoms with E-state index in [-0.39, 0.29) is 23.5 Å². The van der Waals surface area contributed by atoms with E-state index >= 15 is 0 Å². The maximum Gasteiger partial charge on any atom is 0.251 e. The Morgan fingerprint density at radius 1 is 0.848 bits per heavy atom. The second kappa shape index (κ2) is 11.1. The van der Waals surface area contributed by atoms with Gasteiger partial charge in [-0.2, -0.15) is 4.31 Å². The lowest BCUT2D eigenvalue weighted by molar-refractivity contribution is -0.117. The van der Waals surface area contributed by atoms with E-state index in [1.165, 1.54) is 16.4 Å². The molecule has 0 radical (unpaired) electrons. The van der Waals surface area contributed by atoms with Gasteiger partial charge in [0.25, 0.3) is 11.8 Å². The van der Waals surface area contributed by atoms with Crippen LogP contribution in [-0.2, 0) is 21.4 Å². The molecular formula is C23H28N4O5S. The summed E-state index contributed by atoms with van der Waals surface area (Å²) in [5, 5.41) is 5.16. The molecule has 3 amide bonds. The Bertz CT molecular complexity index is 1110. The normalized spacial score (nSPS) is 14.8. The van der Waals surface area contributed by atoms with Crippen molar-refractivity contribution in [3.8, 4) is 0 Å². The number of nitrogens with two attached hydrogens (primary N) is 1. The molecule has 1 aliphatic rings. The summed E-state index contributed by atoms with van der Waals surface area (Å²) in [6.07, 6.45) is 3.72. The van der Waals surface area contributed by atoms with E-state index in [1.54, 1.807) is 36.4 Å². The third-order valence-electron chi connectivity index (χ3n) is 5.39. The number of nitrogens with one attached hydrogen (secondary N) is 2. The Balaban J connectivity index is 1.62. The largest absolute Gasteiger partial charge is 0.368 e. The van der Waals surface area contributed by atoms with Crippen LogP contribution in [0.5, 0.6) is 0 Å². The van der Waals surface area contributed by atoms with Crippen LogP contribution < -0.4 is 16.4 Å². The molecule has 0 spiro atoms. The van der Waals surface area contributed by atoms with Gasteiger partial charge in [0, 0.05) is 30.8 Å². The van der Waals surface area contributed by atoms with Crippen molar-refractivity contribution in [2.24, 2.45) is 5.73 Å². The predicted octanol–water partition coefficient (Wildman–Crippen LogP) is 1.40. The molecule has 0 bridgehead atoms. The second-order valence-electron chi connectivity index (χ2n) is 7.87. The van der Waals surface area contributed by atoms with Crippen molar-refractivity contribution in [3.63, 3.8) is 0 Å². The molecule has 1 fully saturated rings. The third kappa shape index (κ3) is 6.62. The molecule has 4 N–H and O–H groups in total. The van der Waals surface area contributed by atoms with Gasteiger partial charge in [0.15, 0.2) is 0 Å². The monoisotopic (exact) mass is 472 g/mol. The van der Waals surface area contributed by atoms with Crippen molar-refractivity contribution in [1.29, 1.82) is 0 Å². The van der Waals surface area contributed by atoms with E-state index in [4.69, 9.17) is 5.73 Å². The minimum Gasteiger partial charge on any atom is -0.368 e. The van der Waals surface area contributed by atoms with Crippen molar-refractivity contribution in [2.75, 3.05) is 19.6 Å². The fourth-order valence-corrected chi connectivity index (χ4v) is 5.12. The van der Waals surface area contributed by atoms with Gasteiger partial charge in [-0.3, -0.25) is 14.4 Å². The molecule has 0 aromatic heterocycles. The summed E-state index contributed by atoms with van der Waals surface area (Å²) in [7, 11) is -3.65. The first kappa shape index (κ1) is 24.4. The first-order valence-electron chi connectivity index (χ1n) is 10.8. The SMILES string of the molecule is NC(=O)CNC(=O)c1ccc(CNC(=O)c2cccc(S(=O)(=O)N3CCCCCC3)c2)cc1. The van der Waals surface area contributed by atoms with Crippen LogP contribution in [0.2, 0.25) is 0 Å². The summed E-state index contributed by atoms with van der Waals surface area (Å²) in [6.45, 7) is 0.943. The van der Waals surface area contributed by atoms with Gasteiger partial charge in [-0.25, -0.2) is 8.42 Å². The smallest absolute Gasteiger partial charge is 0.251 e. The van der Waals surface area contributed by atoms with Gasteiger partial charge in [0.1, 0.15) is 0 Å². The first-order chi connectivity index (χ1) is 15.8. The summed E-state index contributed by atoms with van der Waals surface area (Å²) >= 11 is 0. The molecule has 1 aliphatic heterocycles. The van der Waals surface area contributed by atoms with Gasteiger partial charge < -0.3 is 16.4 Å². The van der Waals surface area contributed by atoms with E-state index in [0.29, 0.717) is 18.7 Å². The highest BCUT2D eigenvalue weighted by molar-refractivity contribution is 7.89. The molecule has 2 aromatic carbocycles. The molecule has 3 rings (SSSR count). The number of primary amides is 1. The highest BCUT2D eigenvalue weighted by Gasteiger charge is 2.25. The van der Waals surface area contributed by atoms with Crippen LogP contribution >= 0.6 is 0 Å². The highest BCUT2D eigenvalue weighted by atomic mass is 32.2. The number of carbonyl (C=O) groups excluding carboxylic acids is 3. The summed E-state index contributed by atoms with van der Waals surface area (Å²) < 4.78 is 27.5. The van der Waals surface area contributed by atoms with Crippen molar-refractivity contribution in [2.45, 2.75) is 37.1 Å². The van der Waals surface area contributed by atoms with Crippen molar-refractivity contribution < 1.29 is 22.8 Å². The summed E-state index contributed by atoms with van der Waals surface area (Å²) in [6, 6.07) is 12.6. The number of hydrogen-bond donors (Lipinski definition) is 3. The number of nitrogens with zero attached hydrogens (tertiary/aromatic N) is 1. The second-order valence-corrected chi connectivity index (χ2v) is 9.81. The molecule has 1 heterocycles. The van der Waals surface area contributed by atoms with Gasteiger partial charge in [-0.05, 0) is 48.7 Å². The molecule has 0 atom stereocenters. The van der Waals surface area contributed by atoms with Crippen LogP contribution in [0, 0.1) is 0 Å². The Hall–Kier alpha value is -3.24. The standard InChI is InChI=1S/C23H28N4O5S/c24-21(28)16-26-22(29)18-10-8-17(9-11-18)15-25-23(30)19-6-5-7-20(14-19)33(31,32)27-12-3-1-2-4-13-27/h5-11,14H,1-4,12-13,15-16H2,(H2,24,28)(H,25,30)(H,26,29). The lowest BCUT2D eigenvalue weighted by atomic mass is 10.1. The van der Waals surface area contributed by atoms with Gasteiger partial charge in [-0.15, -0.1) is 0 Å². The van der Waals surface area contributed by atoms with E-state index in [0.717, 1.165) is 31.2 Å². The quantitative estimate of drug-likeness (QED) is 0.533. The maximum atomic E-state index is 13.0. The minimum absolute atomic E-state index is 0.114. The first-order valence-corrected chi connectivity index (χ1v) is 12.3. The maximum absolute atomic E-state index is 13.0. The minimum atomic E-state index is -3.65. The van der Waals surface area contributed by atoms with E-state index in [2.05, 4.69) is 10.6 Å². The van der Waals surface area contributed by atoms with Gasteiger partial charge >= 0.3 is 0 Å². The van der Waals surface area contributed by atoms with Gasteiger partial charge in [-0.1, -0.05) is 31.0 Å². The van der Waals surface area contributed by atoms with Crippen molar-refractivity contribution >= 4 is 27.7 Å². The predicted molar refractivity (Wildman–Crippen MR) is 123 cm³/mol. The highest BCUT2D eigenvalue weighted by Crippen LogP contribution is 2.21. The van der Waals surface area contributed by atoms with E-state index < -0.39 is 27.7 Å². The molecule has 9 nitrogen and oxygen atoms in total. The van der Waals surface area contributed by atoms with E-state index in [9.17, 15) is 22.8 Å². The third-order valence-corrected chi connectivity index (χ3v) is 7.29. The number of hydrogen-bond acceptors (Lipinski definition) is 5. The zero-order valence-corrected chi connectivity index (χ0v) is 19.1. The zero-order chi connectivity index (χ0) is 23.8. The van der Waals surface area contributed by atoms with Crippen LogP contribution in [0.4, 0.5) is 0 Å². The number of carbonyl (C=O) groups is 3. The van der Waals surface area contributed by atoms with Gasteiger partial charge in [0.05, 0.1) is 11.4 Å². The fourth-order valence-electron chi connectivity index (χ4n) is 3.56. The van der Waals surface area contributed by atoms with Crippen LogP contribution in [-0.4, -0.2) is 50.1 Å². The summed E-state index contributed by atoms with van der Waals surface area (Å²) in [5.74, 6) is -1.45. The number of sulfonamides is 1. The Morgan fingerprint density at radius 3 is 2.12 bits per heavy atom. The molecule has 1 saturated heterocycles. The van der Waals surface area contributed by atoms with Gasteiger partial charge in [0.2, 0.25) is 15.9 Å². The molecular weight excluding hydrogens is 444 g/mol. The topological polar surface area (TPSA) is 139 Å². The Kier molecular flexibility index (Phi) is 8.18. The molecule has 0 aliphatic carbocycles. The van der Waals surface area contributed by atoms with E-state index in [1.807, 2.05) is 0 Å². The molecule has 0 unspecified atom stereocenters. The average Bonchev–Trinajstić information content (AvgIpc) is 3.11. The lowest BCUT2D eigenvalue weighted by Gasteiger charge is -2.20. The molecule has 33 heavy (non-hydrogen) atoms. The number of benzene rings is 2. The Labute approximate surface area is 193 Å². The van der Waals surface area contributed by atoms with Crippen molar-refractivity contribution in [3.05, 3.63) is 65.2 Å². The lowest BCUT2D eigenvalue weighted by Crippen LogP contribution is -2.33. The molecule has 2 aromatic rings. The zero-order valence-electron chi connectivity index (χ0n) is 18.2. The number of rotatable bonds is 8. The van der Waals surface area contributed by atoms with Crippen molar-refractivity contribution in [1.82, 2.24) is 14.9 Å². The van der Waals surface area contributed by atoms with Crippen LogP contribution in [0.1, 0.15) is 52.0 Å². The van der Waals surface area contributed by atoms with Crippen LogP contribution in [0.3, 0.4) is 0 Å². The summed E-state index contributed by atoms with van der Waals surface area (Å²) in [4.78, 5) is 35.4. The molecule has 176 valence electrons. The Morgan fingerprint density at radius 2 is 1.48 bits per heavy atom. The number of amides is 3. The fraction of sp³-hybridized carbons (Fsp3) is 0.348. The summed E-state index contributed by atoms with van der Waals surface area (Å²) in [5.41, 5.74) is 6.38. The molecule has 0 saturated carbocycles. The molecule has 10 heteroatoms.